The fourth-order valence-corrected chi connectivity index (χ4v) is 6.40. The Balaban J connectivity index is 1.21. The van der Waals surface area contributed by atoms with Gasteiger partial charge in [-0.3, -0.25) is 10.2 Å². The molecule has 2 N–H and O–H groups in total. The maximum atomic E-state index is 12.9. The summed E-state index contributed by atoms with van der Waals surface area (Å²) in [7, 11) is 1.71. The van der Waals surface area contributed by atoms with E-state index in [1.54, 1.807) is 7.11 Å². The van der Waals surface area contributed by atoms with Crippen molar-refractivity contribution in [2.75, 3.05) is 51.7 Å². The highest BCUT2D eigenvalue weighted by Gasteiger charge is 2.27. The number of amides is 2. The first-order valence-electron chi connectivity index (χ1n) is 12.9. The number of ether oxygens (including phenoxy) is 1. The Labute approximate surface area is 206 Å². The van der Waals surface area contributed by atoms with Crippen LogP contribution in [0.15, 0.2) is 23.6 Å². The number of benzene rings is 1. The van der Waals surface area contributed by atoms with Crippen LogP contribution in [0.4, 0.5) is 9.93 Å². The van der Waals surface area contributed by atoms with Gasteiger partial charge in [0.1, 0.15) is 5.75 Å². The van der Waals surface area contributed by atoms with E-state index in [0.717, 1.165) is 56.3 Å². The number of aromatic nitrogens is 1. The zero-order chi connectivity index (χ0) is 23.3. The summed E-state index contributed by atoms with van der Waals surface area (Å²) >= 11 is 1.48. The molecule has 3 heterocycles. The monoisotopic (exact) mass is 483 g/mol. The number of urea groups is 1. The summed E-state index contributed by atoms with van der Waals surface area (Å²) in [5, 5.41) is 9.14. The molecule has 2 aliphatic heterocycles. The van der Waals surface area contributed by atoms with Gasteiger partial charge in [-0.15, -0.1) is 11.3 Å². The van der Waals surface area contributed by atoms with Crippen LogP contribution in [0.5, 0.6) is 5.75 Å². The van der Waals surface area contributed by atoms with Crippen LogP contribution < -0.4 is 15.4 Å². The fourth-order valence-electron chi connectivity index (χ4n) is 5.70. The summed E-state index contributed by atoms with van der Waals surface area (Å²) in [5.41, 5.74) is 3.25. The molecule has 2 amide bonds. The van der Waals surface area contributed by atoms with E-state index in [2.05, 4.69) is 33.7 Å². The summed E-state index contributed by atoms with van der Waals surface area (Å²) in [6.45, 7) is 5.65. The van der Waals surface area contributed by atoms with Crippen molar-refractivity contribution >= 4 is 22.5 Å². The molecule has 0 unspecified atom stereocenters. The highest BCUT2D eigenvalue weighted by Crippen LogP contribution is 2.38. The number of carbonyl (C=O) groups is 1. The lowest BCUT2D eigenvalue weighted by Gasteiger charge is -2.40. The maximum absolute atomic E-state index is 12.9. The number of carbonyl (C=O) groups excluding carboxylic acids is 1. The minimum atomic E-state index is -0.0474. The van der Waals surface area contributed by atoms with Gasteiger partial charge in [-0.25, -0.2) is 9.78 Å². The lowest BCUT2D eigenvalue weighted by molar-refractivity contribution is 0.0975. The standard InChI is InChI=1S/C26H37N5O2S/c1-33-24-8-7-20(19-5-3-2-4-6-19)17-22(24)23-18-34-25(28-23)29-26(32)31-15-13-30(14-16-31)21-9-11-27-12-10-21/h7-8,17-19,21,27H,2-6,9-16H2,1H3,(H,28,29,32). The molecule has 2 saturated heterocycles. The quantitative estimate of drug-likeness (QED) is 0.641. The Bertz CT molecular complexity index is 960. The third kappa shape index (κ3) is 5.39. The van der Waals surface area contributed by atoms with E-state index >= 15 is 0 Å². The SMILES string of the molecule is COc1ccc(C2CCCCC2)cc1-c1csc(NC(=O)N2CCN(C3CCNCC3)CC2)n1. The van der Waals surface area contributed by atoms with Gasteiger partial charge < -0.3 is 15.0 Å². The predicted molar refractivity (Wildman–Crippen MR) is 138 cm³/mol. The van der Waals surface area contributed by atoms with E-state index < -0.39 is 0 Å². The van der Waals surface area contributed by atoms with Gasteiger partial charge in [-0.2, -0.15) is 0 Å². The Morgan fingerprint density at radius 3 is 2.59 bits per heavy atom. The topological polar surface area (TPSA) is 69.7 Å². The van der Waals surface area contributed by atoms with Crippen LogP contribution in [-0.2, 0) is 0 Å². The second-order valence-electron chi connectivity index (χ2n) is 9.77. The van der Waals surface area contributed by atoms with Crippen LogP contribution in [0.25, 0.3) is 11.3 Å². The highest BCUT2D eigenvalue weighted by atomic mass is 32.1. The molecule has 8 heteroatoms. The number of methoxy groups -OCH3 is 1. The zero-order valence-corrected chi connectivity index (χ0v) is 21.0. The first-order valence-corrected chi connectivity index (χ1v) is 13.7. The second-order valence-corrected chi connectivity index (χ2v) is 10.6. The van der Waals surface area contributed by atoms with Crippen molar-refractivity contribution in [3.8, 4) is 17.0 Å². The largest absolute Gasteiger partial charge is 0.496 e. The molecule has 0 radical (unpaired) electrons. The number of rotatable bonds is 5. The van der Waals surface area contributed by atoms with Gasteiger partial charge in [-0.1, -0.05) is 25.3 Å². The lowest BCUT2D eigenvalue weighted by Crippen LogP contribution is -2.54. The van der Waals surface area contributed by atoms with Crippen molar-refractivity contribution < 1.29 is 9.53 Å². The van der Waals surface area contributed by atoms with Crippen molar-refractivity contribution in [2.24, 2.45) is 0 Å². The fraction of sp³-hybridized carbons (Fsp3) is 0.615. The molecule has 0 bridgehead atoms. The van der Waals surface area contributed by atoms with Crippen molar-refractivity contribution in [1.82, 2.24) is 20.1 Å². The Kier molecular flexibility index (Phi) is 7.67. The first-order chi connectivity index (χ1) is 16.7. The van der Waals surface area contributed by atoms with Crippen LogP contribution >= 0.6 is 11.3 Å². The summed E-state index contributed by atoms with van der Waals surface area (Å²) in [5.74, 6) is 1.46. The van der Waals surface area contributed by atoms with Gasteiger partial charge in [0.15, 0.2) is 5.13 Å². The first kappa shape index (κ1) is 23.6. The van der Waals surface area contributed by atoms with Gasteiger partial charge in [-0.05, 0) is 62.4 Å². The molecule has 1 aliphatic carbocycles. The van der Waals surface area contributed by atoms with Gasteiger partial charge >= 0.3 is 6.03 Å². The van der Waals surface area contributed by atoms with E-state index in [-0.39, 0.29) is 6.03 Å². The molecule has 5 rings (SSSR count). The Morgan fingerprint density at radius 2 is 1.85 bits per heavy atom. The normalized spacial score (nSPS) is 20.9. The number of hydrogen-bond acceptors (Lipinski definition) is 6. The molecule has 34 heavy (non-hydrogen) atoms. The third-order valence-electron chi connectivity index (χ3n) is 7.72. The number of nitrogens with one attached hydrogen (secondary N) is 2. The summed E-state index contributed by atoms with van der Waals surface area (Å²) in [4.78, 5) is 22.1. The van der Waals surface area contributed by atoms with Crippen LogP contribution in [0.2, 0.25) is 0 Å². The minimum Gasteiger partial charge on any atom is -0.496 e. The predicted octanol–water partition coefficient (Wildman–Crippen LogP) is 4.77. The van der Waals surface area contributed by atoms with Gasteiger partial charge in [0.05, 0.1) is 12.8 Å². The lowest BCUT2D eigenvalue weighted by atomic mass is 9.83. The van der Waals surface area contributed by atoms with Crippen molar-refractivity contribution in [3.05, 3.63) is 29.1 Å². The number of anilines is 1. The molecule has 7 nitrogen and oxygen atoms in total. The second kappa shape index (κ2) is 11.1. The number of piperidine rings is 1. The van der Waals surface area contributed by atoms with Crippen LogP contribution in [0.3, 0.4) is 0 Å². The van der Waals surface area contributed by atoms with E-state index in [1.165, 1.54) is 61.8 Å². The molecule has 3 fully saturated rings. The highest BCUT2D eigenvalue weighted by molar-refractivity contribution is 7.14. The van der Waals surface area contributed by atoms with Crippen molar-refractivity contribution in [2.45, 2.75) is 56.9 Å². The molecule has 1 saturated carbocycles. The summed E-state index contributed by atoms with van der Waals surface area (Å²) < 4.78 is 5.65. The summed E-state index contributed by atoms with van der Waals surface area (Å²) in [6, 6.07) is 7.13. The van der Waals surface area contributed by atoms with Gasteiger partial charge in [0.2, 0.25) is 0 Å². The number of nitrogens with zero attached hydrogens (tertiary/aromatic N) is 3. The molecule has 184 valence electrons. The minimum absolute atomic E-state index is 0.0474. The molecule has 2 aromatic rings. The van der Waals surface area contributed by atoms with Crippen molar-refractivity contribution in [3.63, 3.8) is 0 Å². The molecule has 1 aromatic carbocycles. The van der Waals surface area contributed by atoms with Crippen LogP contribution in [0, 0.1) is 0 Å². The average Bonchev–Trinajstić information content (AvgIpc) is 3.37. The number of hydrogen-bond donors (Lipinski definition) is 2. The molecule has 1 aromatic heterocycles. The molecule has 0 spiro atoms. The van der Waals surface area contributed by atoms with Crippen LogP contribution in [-0.4, -0.2) is 73.2 Å². The summed E-state index contributed by atoms with van der Waals surface area (Å²) in [6.07, 6.45) is 8.90. The number of piperazine rings is 1. The smallest absolute Gasteiger partial charge is 0.323 e. The Hall–Kier alpha value is -2.16. The third-order valence-corrected chi connectivity index (χ3v) is 8.48. The average molecular weight is 484 g/mol. The van der Waals surface area contributed by atoms with E-state index in [9.17, 15) is 4.79 Å². The van der Waals surface area contributed by atoms with Gasteiger partial charge in [0.25, 0.3) is 0 Å². The maximum Gasteiger partial charge on any atom is 0.323 e. The Morgan fingerprint density at radius 1 is 1.09 bits per heavy atom. The van der Waals surface area contributed by atoms with E-state index in [1.807, 2.05) is 10.3 Å². The van der Waals surface area contributed by atoms with E-state index in [0.29, 0.717) is 17.1 Å². The molecular weight excluding hydrogens is 446 g/mol. The molecule has 3 aliphatic rings. The number of thiazole rings is 1. The molecular formula is C26H37N5O2S. The zero-order valence-electron chi connectivity index (χ0n) is 20.2. The van der Waals surface area contributed by atoms with E-state index in [4.69, 9.17) is 9.72 Å². The van der Waals surface area contributed by atoms with Crippen LogP contribution in [0.1, 0.15) is 56.4 Å². The van der Waals surface area contributed by atoms with Crippen molar-refractivity contribution in [1.29, 1.82) is 0 Å². The molecule has 0 atom stereocenters. The van der Waals surface area contributed by atoms with Gasteiger partial charge in [0, 0.05) is 43.2 Å².